The normalized spacial score (nSPS) is 15.1. The van der Waals surface area contributed by atoms with E-state index in [0.29, 0.717) is 6.54 Å². The Balaban J connectivity index is 1.85. The highest BCUT2D eigenvalue weighted by molar-refractivity contribution is 5.94. The van der Waals surface area contributed by atoms with E-state index in [1.54, 1.807) is 0 Å². The summed E-state index contributed by atoms with van der Waals surface area (Å²) < 4.78 is 35.8. The van der Waals surface area contributed by atoms with Gasteiger partial charge in [-0.1, -0.05) is 0 Å². The number of carbonyl (C=O) groups is 1. The van der Waals surface area contributed by atoms with Crippen molar-refractivity contribution in [3.63, 3.8) is 0 Å². The summed E-state index contributed by atoms with van der Waals surface area (Å²) in [6.07, 6.45) is -4.43. The second kappa shape index (κ2) is 5.60. The smallest absolute Gasteiger partial charge is 0.351 e. The van der Waals surface area contributed by atoms with Crippen LogP contribution in [0.25, 0.3) is 0 Å². The zero-order valence-electron chi connectivity index (χ0n) is 10.2. The molecule has 1 aromatic rings. The maximum absolute atomic E-state index is 11.9. The summed E-state index contributed by atoms with van der Waals surface area (Å²) in [4.78, 5) is 11.8. The van der Waals surface area contributed by atoms with Gasteiger partial charge in [0.25, 0.3) is 5.91 Å². The third-order valence-corrected chi connectivity index (χ3v) is 2.94. The number of fused-ring (bicyclic) bond motifs is 1. The molecule has 0 radical (unpaired) electrons. The molecule has 0 bridgehead atoms. The minimum absolute atomic E-state index is 0.00654. The van der Waals surface area contributed by atoms with E-state index < -0.39 is 18.5 Å². The molecule has 1 aliphatic heterocycles. The third-order valence-electron chi connectivity index (χ3n) is 2.94. The molecule has 0 fully saturated rings. The van der Waals surface area contributed by atoms with E-state index in [2.05, 4.69) is 20.8 Å². The number of nitrogens with zero attached hydrogens (tertiary/aromatic N) is 1. The molecule has 106 valence electrons. The molecule has 1 amide bonds. The standard InChI is InChI=1S/C11H15F3N4O/c12-11(13,14)3-1-4-16-10(19)9-7-6-15-5-2-8(7)17-18-9/h15H,1-6H2,(H,16,19)(H,17,18). The van der Waals surface area contributed by atoms with Crippen LogP contribution >= 0.6 is 0 Å². The van der Waals surface area contributed by atoms with E-state index in [0.717, 1.165) is 24.2 Å². The van der Waals surface area contributed by atoms with Crippen molar-refractivity contribution in [1.29, 1.82) is 0 Å². The van der Waals surface area contributed by atoms with Crippen LogP contribution in [0.2, 0.25) is 0 Å². The van der Waals surface area contributed by atoms with Crippen molar-refractivity contribution in [3.8, 4) is 0 Å². The molecule has 1 aliphatic rings. The minimum Gasteiger partial charge on any atom is -0.351 e. The number of aromatic nitrogens is 2. The van der Waals surface area contributed by atoms with Crippen LogP contribution in [-0.4, -0.2) is 35.4 Å². The molecule has 0 atom stereocenters. The molecule has 0 aliphatic carbocycles. The molecule has 0 saturated heterocycles. The second-order valence-corrected chi connectivity index (χ2v) is 4.43. The third kappa shape index (κ3) is 3.69. The highest BCUT2D eigenvalue weighted by atomic mass is 19.4. The molecular weight excluding hydrogens is 261 g/mol. The summed E-state index contributed by atoms with van der Waals surface area (Å²) in [5.41, 5.74) is 1.99. The van der Waals surface area contributed by atoms with Gasteiger partial charge in [-0.3, -0.25) is 9.89 Å². The van der Waals surface area contributed by atoms with Crippen molar-refractivity contribution in [1.82, 2.24) is 20.8 Å². The van der Waals surface area contributed by atoms with Crippen LogP contribution < -0.4 is 10.6 Å². The van der Waals surface area contributed by atoms with Crippen LogP contribution in [0.15, 0.2) is 0 Å². The van der Waals surface area contributed by atoms with Gasteiger partial charge in [0.05, 0.1) is 0 Å². The molecule has 0 saturated carbocycles. The first-order valence-corrected chi connectivity index (χ1v) is 6.09. The summed E-state index contributed by atoms with van der Waals surface area (Å²) in [5, 5.41) is 12.3. The first-order valence-electron chi connectivity index (χ1n) is 6.09. The number of rotatable bonds is 4. The number of H-pyrrole nitrogens is 1. The number of halogens is 3. The van der Waals surface area contributed by atoms with Gasteiger partial charge in [0.15, 0.2) is 5.69 Å². The average Bonchev–Trinajstić information content (AvgIpc) is 2.77. The maximum Gasteiger partial charge on any atom is 0.389 e. The maximum atomic E-state index is 11.9. The number of aromatic amines is 1. The Kier molecular flexibility index (Phi) is 4.08. The highest BCUT2D eigenvalue weighted by Crippen LogP contribution is 2.20. The zero-order chi connectivity index (χ0) is 13.9. The largest absolute Gasteiger partial charge is 0.389 e. The van der Waals surface area contributed by atoms with Gasteiger partial charge >= 0.3 is 6.18 Å². The molecule has 0 unspecified atom stereocenters. The highest BCUT2D eigenvalue weighted by Gasteiger charge is 2.26. The van der Waals surface area contributed by atoms with Gasteiger partial charge in [-0.15, -0.1) is 0 Å². The quantitative estimate of drug-likeness (QED) is 0.722. The Bertz CT molecular complexity index is 455. The van der Waals surface area contributed by atoms with Crippen molar-refractivity contribution in [3.05, 3.63) is 17.0 Å². The molecule has 8 heteroatoms. The second-order valence-electron chi connectivity index (χ2n) is 4.43. The first-order chi connectivity index (χ1) is 8.97. The van der Waals surface area contributed by atoms with Crippen molar-refractivity contribution in [2.45, 2.75) is 32.0 Å². The van der Waals surface area contributed by atoms with E-state index in [1.165, 1.54) is 0 Å². The molecule has 2 heterocycles. The van der Waals surface area contributed by atoms with Gasteiger partial charge in [0.1, 0.15) is 0 Å². The van der Waals surface area contributed by atoms with E-state index in [1.807, 2.05) is 0 Å². The Morgan fingerprint density at radius 1 is 1.42 bits per heavy atom. The van der Waals surface area contributed by atoms with Crippen molar-refractivity contribution >= 4 is 5.91 Å². The van der Waals surface area contributed by atoms with E-state index >= 15 is 0 Å². The van der Waals surface area contributed by atoms with Crippen LogP contribution in [-0.2, 0) is 13.0 Å². The Morgan fingerprint density at radius 3 is 2.95 bits per heavy atom. The fourth-order valence-corrected chi connectivity index (χ4v) is 1.99. The Morgan fingerprint density at radius 2 is 2.21 bits per heavy atom. The van der Waals surface area contributed by atoms with E-state index in [4.69, 9.17) is 0 Å². The zero-order valence-corrected chi connectivity index (χ0v) is 10.2. The fourth-order valence-electron chi connectivity index (χ4n) is 1.99. The van der Waals surface area contributed by atoms with Gasteiger partial charge < -0.3 is 10.6 Å². The monoisotopic (exact) mass is 276 g/mol. The van der Waals surface area contributed by atoms with Gasteiger partial charge in [0.2, 0.25) is 0 Å². The number of hydrogen-bond acceptors (Lipinski definition) is 3. The average molecular weight is 276 g/mol. The predicted octanol–water partition coefficient (Wildman–Crippen LogP) is 1.13. The van der Waals surface area contributed by atoms with Crippen molar-refractivity contribution < 1.29 is 18.0 Å². The Labute approximate surface area is 108 Å². The lowest BCUT2D eigenvalue weighted by molar-refractivity contribution is -0.135. The van der Waals surface area contributed by atoms with Crippen LogP contribution in [0.4, 0.5) is 13.2 Å². The van der Waals surface area contributed by atoms with Crippen LogP contribution in [0, 0.1) is 0 Å². The van der Waals surface area contributed by atoms with Crippen LogP contribution in [0.5, 0.6) is 0 Å². The van der Waals surface area contributed by atoms with Crippen LogP contribution in [0.3, 0.4) is 0 Å². The SMILES string of the molecule is O=C(NCCCC(F)(F)F)c1n[nH]c2c1CNCC2. The number of carbonyl (C=O) groups excluding carboxylic acids is 1. The fraction of sp³-hybridized carbons (Fsp3) is 0.636. The summed E-state index contributed by atoms with van der Waals surface area (Å²) in [5.74, 6) is -0.427. The van der Waals surface area contributed by atoms with Gasteiger partial charge in [-0.05, 0) is 6.42 Å². The molecule has 3 N–H and O–H groups in total. The molecule has 0 spiro atoms. The summed E-state index contributed by atoms with van der Waals surface area (Å²) in [7, 11) is 0. The molecular formula is C11H15F3N4O. The van der Waals surface area contributed by atoms with Gasteiger partial charge in [-0.25, -0.2) is 0 Å². The first kappa shape index (κ1) is 13.9. The van der Waals surface area contributed by atoms with E-state index in [-0.39, 0.29) is 18.7 Å². The van der Waals surface area contributed by atoms with Crippen LogP contribution in [0.1, 0.15) is 34.6 Å². The Hall–Kier alpha value is -1.57. The minimum atomic E-state index is -4.18. The molecule has 0 aromatic carbocycles. The number of alkyl halides is 3. The summed E-state index contributed by atoms with van der Waals surface area (Å²) in [6, 6.07) is 0. The summed E-state index contributed by atoms with van der Waals surface area (Å²) in [6.45, 7) is 1.37. The lowest BCUT2D eigenvalue weighted by Gasteiger charge is -2.13. The molecule has 19 heavy (non-hydrogen) atoms. The lowest BCUT2D eigenvalue weighted by Crippen LogP contribution is -2.29. The topological polar surface area (TPSA) is 69.8 Å². The van der Waals surface area contributed by atoms with Gasteiger partial charge in [0, 0.05) is 43.7 Å². The molecule has 5 nitrogen and oxygen atoms in total. The predicted molar refractivity (Wildman–Crippen MR) is 61.6 cm³/mol. The van der Waals surface area contributed by atoms with Gasteiger partial charge in [-0.2, -0.15) is 18.3 Å². The summed E-state index contributed by atoms with van der Waals surface area (Å²) >= 11 is 0. The number of nitrogens with one attached hydrogen (secondary N) is 3. The van der Waals surface area contributed by atoms with Crippen molar-refractivity contribution in [2.24, 2.45) is 0 Å². The number of hydrogen-bond donors (Lipinski definition) is 3. The molecule has 1 aromatic heterocycles. The number of amides is 1. The molecule has 2 rings (SSSR count). The van der Waals surface area contributed by atoms with E-state index in [9.17, 15) is 18.0 Å². The lowest BCUT2D eigenvalue weighted by atomic mass is 10.1. The van der Waals surface area contributed by atoms with Crippen molar-refractivity contribution in [2.75, 3.05) is 13.1 Å².